The molecule has 4 atom stereocenters. The fraction of sp³-hybridized carbons (Fsp3) is 0.540. The standard InChI is InChI=1S/C50H66N8O7S/c1-10-42(60)55-23-18-50(29-55)19-24-57(48(50)63)44(31(3)4)46(61)54-38(47(62)58-22-13-12-21-52-58)26-41-53-39(28-66-41)34-16-17-40-36(25-34)37(27-49(7,8)30-65-33(6)59)45(56(40)11-2)35-15-14-20-51-43(35)32(5)64-9/h10,14-17,20,25,28,31-32,38,44,52H,1,11-13,18-19,21-24,26-27,29-30H2,2-9H3,(H,54,61)/t32-,38-,44-,50+/m0/s1. The third kappa shape index (κ3) is 9.96. The Morgan fingerprint density at radius 2 is 1.86 bits per heavy atom. The van der Waals surface area contributed by atoms with Gasteiger partial charge in [0.1, 0.15) is 12.1 Å². The van der Waals surface area contributed by atoms with E-state index in [4.69, 9.17) is 19.4 Å². The second-order valence-electron chi connectivity index (χ2n) is 19.2. The highest BCUT2D eigenvalue weighted by Gasteiger charge is 2.54. The third-order valence-electron chi connectivity index (χ3n) is 13.5. The van der Waals surface area contributed by atoms with Crippen molar-refractivity contribution in [2.24, 2.45) is 16.7 Å². The van der Waals surface area contributed by atoms with Gasteiger partial charge in [0.05, 0.1) is 40.2 Å². The molecule has 354 valence electrons. The number of carbonyl (C=O) groups is 5. The predicted molar refractivity (Wildman–Crippen MR) is 255 cm³/mol. The first-order valence-corrected chi connectivity index (χ1v) is 24.2. The van der Waals surface area contributed by atoms with E-state index in [1.807, 2.05) is 32.2 Å². The van der Waals surface area contributed by atoms with E-state index in [0.717, 1.165) is 57.5 Å². The summed E-state index contributed by atoms with van der Waals surface area (Å²) >= 11 is 1.43. The van der Waals surface area contributed by atoms with Crippen molar-refractivity contribution < 1.29 is 33.4 Å². The average Bonchev–Trinajstić information content (AvgIpc) is 4.10. The van der Waals surface area contributed by atoms with Gasteiger partial charge in [-0.25, -0.2) is 10.4 Å². The van der Waals surface area contributed by atoms with Gasteiger partial charge in [-0.2, -0.15) is 0 Å². The highest BCUT2D eigenvalue weighted by atomic mass is 32.1. The summed E-state index contributed by atoms with van der Waals surface area (Å²) in [7, 11) is 1.68. The summed E-state index contributed by atoms with van der Waals surface area (Å²) in [5.74, 6) is -1.53. The van der Waals surface area contributed by atoms with Crippen molar-refractivity contribution in [3.8, 4) is 22.5 Å². The number of rotatable bonds is 17. The molecule has 0 unspecified atom stereocenters. The summed E-state index contributed by atoms with van der Waals surface area (Å²) < 4.78 is 13.7. The lowest BCUT2D eigenvalue weighted by atomic mass is 9.84. The Bertz CT molecular complexity index is 2470. The van der Waals surface area contributed by atoms with Gasteiger partial charge < -0.3 is 29.2 Å². The SMILES string of the molecule is C=CC(=O)N1CC[C@@]2(CCN([C@H](C(=O)N[C@@H](Cc3nc(-c4ccc5c(c4)c(CC(C)(C)COC(C)=O)c(-c4cccnc4[C@H](C)OC)n5CC)cs3)C(=O)N3CCCCN3)C(C)C)C2=O)C1. The van der Waals surface area contributed by atoms with Gasteiger partial charge in [0, 0.05) is 98.7 Å². The number of hydrogen-bond acceptors (Lipinski definition) is 11. The number of ether oxygens (including phenoxy) is 2. The number of thiazole rings is 1. The van der Waals surface area contributed by atoms with Crippen LogP contribution in [0.4, 0.5) is 0 Å². The first-order chi connectivity index (χ1) is 31.5. The smallest absolute Gasteiger partial charge is 0.302 e. The molecular formula is C50H66N8O7S. The van der Waals surface area contributed by atoms with Crippen LogP contribution in [0.25, 0.3) is 33.4 Å². The number of amides is 4. The number of hydrogen-bond donors (Lipinski definition) is 2. The minimum atomic E-state index is -0.944. The number of benzene rings is 1. The molecule has 1 aromatic carbocycles. The van der Waals surface area contributed by atoms with Crippen molar-refractivity contribution in [3.05, 3.63) is 70.8 Å². The summed E-state index contributed by atoms with van der Waals surface area (Å²) in [5, 5.41) is 8.41. The summed E-state index contributed by atoms with van der Waals surface area (Å²) in [5.41, 5.74) is 8.69. The molecule has 3 aliphatic heterocycles. The Balaban J connectivity index is 1.21. The normalized spacial score (nSPS) is 19.2. The van der Waals surface area contributed by atoms with Crippen LogP contribution in [0.2, 0.25) is 0 Å². The summed E-state index contributed by atoms with van der Waals surface area (Å²) in [6.07, 6.45) is 6.42. The maximum Gasteiger partial charge on any atom is 0.302 e. The van der Waals surface area contributed by atoms with E-state index in [-0.39, 0.29) is 54.6 Å². The Labute approximate surface area is 392 Å². The van der Waals surface area contributed by atoms with E-state index < -0.39 is 22.9 Å². The van der Waals surface area contributed by atoms with Crippen LogP contribution in [-0.4, -0.2) is 117 Å². The molecule has 3 aromatic heterocycles. The van der Waals surface area contributed by atoms with Crippen LogP contribution in [0, 0.1) is 16.7 Å². The third-order valence-corrected chi connectivity index (χ3v) is 14.3. The number of pyridine rings is 1. The minimum Gasteiger partial charge on any atom is -0.465 e. The zero-order valence-electron chi connectivity index (χ0n) is 39.8. The summed E-state index contributed by atoms with van der Waals surface area (Å²) in [4.78, 5) is 80.6. The van der Waals surface area contributed by atoms with Gasteiger partial charge >= 0.3 is 5.97 Å². The maximum absolute atomic E-state index is 14.5. The fourth-order valence-corrected chi connectivity index (χ4v) is 10.8. The lowest BCUT2D eigenvalue weighted by Crippen LogP contribution is -2.59. The van der Waals surface area contributed by atoms with Crippen molar-refractivity contribution in [1.29, 1.82) is 0 Å². The molecule has 2 N–H and O–H groups in total. The van der Waals surface area contributed by atoms with E-state index in [2.05, 4.69) is 66.9 Å². The number of methoxy groups -OCH3 is 1. The first-order valence-electron chi connectivity index (χ1n) is 23.3. The lowest BCUT2D eigenvalue weighted by Gasteiger charge is -2.34. The zero-order valence-corrected chi connectivity index (χ0v) is 40.6. The van der Waals surface area contributed by atoms with Crippen LogP contribution in [0.15, 0.2) is 54.6 Å². The van der Waals surface area contributed by atoms with Crippen molar-refractivity contribution in [2.45, 2.75) is 112 Å². The molecule has 0 bridgehead atoms. The number of aromatic nitrogens is 3. The predicted octanol–water partition coefficient (Wildman–Crippen LogP) is 6.50. The molecule has 0 aliphatic carbocycles. The van der Waals surface area contributed by atoms with Crippen molar-refractivity contribution in [1.82, 2.24) is 40.1 Å². The van der Waals surface area contributed by atoms with Gasteiger partial charge in [-0.05, 0) is 87.8 Å². The second kappa shape index (κ2) is 20.2. The van der Waals surface area contributed by atoms with Gasteiger partial charge in [-0.1, -0.05) is 40.3 Å². The molecule has 6 heterocycles. The highest BCUT2D eigenvalue weighted by molar-refractivity contribution is 7.10. The van der Waals surface area contributed by atoms with E-state index in [1.165, 1.54) is 24.3 Å². The van der Waals surface area contributed by atoms with Crippen LogP contribution in [-0.2, 0) is 52.8 Å². The second-order valence-corrected chi connectivity index (χ2v) is 20.1. The highest BCUT2D eigenvalue weighted by Crippen LogP contribution is 2.44. The molecule has 3 aliphatic rings. The number of nitrogens with one attached hydrogen (secondary N) is 2. The van der Waals surface area contributed by atoms with Gasteiger partial charge in [0.25, 0.3) is 5.91 Å². The molecule has 7 rings (SSSR count). The number of likely N-dealkylation sites (tertiary alicyclic amines) is 2. The molecule has 3 fully saturated rings. The average molecular weight is 923 g/mol. The van der Waals surface area contributed by atoms with E-state index in [1.54, 1.807) is 28.1 Å². The quantitative estimate of drug-likeness (QED) is 0.0882. The van der Waals surface area contributed by atoms with Gasteiger partial charge in [0.15, 0.2) is 0 Å². The Morgan fingerprint density at radius 1 is 1.09 bits per heavy atom. The molecule has 0 radical (unpaired) electrons. The number of hydrazine groups is 1. The lowest BCUT2D eigenvalue weighted by molar-refractivity contribution is -0.146. The topological polar surface area (TPSA) is 168 Å². The summed E-state index contributed by atoms with van der Waals surface area (Å²) in [6.45, 7) is 20.5. The van der Waals surface area contributed by atoms with Gasteiger partial charge in [-0.15, -0.1) is 11.3 Å². The maximum atomic E-state index is 14.5. The number of fused-ring (bicyclic) bond motifs is 1. The zero-order chi connectivity index (χ0) is 47.5. The van der Waals surface area contributed by atoms with E-state index in [9.17, 15) is 24.0 Å². The van der Waals surface area contributed by atoms with Crippen LogP contribution in [0.1, 0.15) is 96.5 Å². The van der Waals surface area contributed by atoms with Crippen LogP contribution >= 0.6 is 11.3 Å². The number of nitrogens with zero attached hydrogens (tertiary/aromatic N) is 6. The number of aryl methyl sites for hydroxylation is 1. The Morgan fingerprint density at radius 3 is 2.55 bits per heavy atom. The summed E-state index contributed by atoms with van der Waals surface area (Å²) in [6, 6.07) is 8.64. The Hall–Kier alpha value is -5.45. The van der Waals surface area contributed by atoms with Crippen molar-refractivity contribution in [2.75, 3.05) is 46.4 Å². The van der Waals surface area contributed by atoms with Crippen LogP contribution < -0.4 is 10.7 Å². The molecule has 1 spiro atoms. The van der Waals surface area contributed by atoms with E-state index >= 15 is 0 Å². The Kier molecular flexibility index (Phi) is 14.8. The molecule has 4 amide bonds. The number of esters is 1. The van der Waals surface area contributed by atoms with Crippen LogP contribution in [0.5, 0.6) is 0 Å². The van der Waals surface area contributed by atoms with Gasteiger partial charge in [-0.3, -0.25) is 34.0 Å². The van der Waals surface area contributed by atoms with Crippen LogP contribution in [0.3, 0.4) is 0 Å². The molecule has 66 heavy (non-hydrogen) atoms. The van der Waals surface area contributed by atoms with Crippen molar-refractivity contribution in [3.63, 3.8) is 0 Å². The molecule has 3 saturated heterocycles. The fourth-order valence-electron chi connectivity index (χ4n) is 10.00. The molecule has 15 nitrogen and oxygen atoms in total. The molecule has 4 aromatic rings. The largest absolute Gasteiger partial charge is 0.465 e. The molecule has 0 saturated carbocycles. The van der Waals surface area contributed by atoms with Crippen molar-refractivity contribution >= 4 is 51.8 Å². The first kappa shape index (κ1) is 48.5. The molecular weight excluding hydrogens is 857 g/mol. The minimum absolute atomic E-state index is 0.124. The number of carbonyl (C=O) groups excluding carboxylic acids is 5. The van der Waals surface area contributed by atoms with Gasteiger partial charge in [0.2, 0.25) is 17.7 Å². The molecule has 16 heteroatoms. The van der Waals surface area contributed by atoms with E-state index in [0.29, 0.717) is 63.5 Å². The monoisotopic (exact) mass is 922 g/mol.